The first-order chi connectivity index (χ1) is 9.78. The Morgan fingerprint density at radius 1 is 1.35 bits per heavy atom. The van der Waals surface area contributed by atoms with Crippen molar-refractivity contribution in [2.24, 2.45) is 11.8 Å². The highest BCUT2D eigenvalue weighted by Gasteiger charge is 2.39. The quantitative estimate of drug-likeness (QED) is 0.892. The maximum absolute atomic E-state index is 4.40. The van der Waals surface area contributed by atoms with Gasteiger partial charge in [-0.05, 0) is 30.7 Å². The highest BCUT2D eigenvalue weighted by molar-refractivity contribution is 4.98. The third-order valence-corrected chi connectivity index (χ3v) is 4.95. The van der Waals surface area contributed by atoms with Crippen molar-refractivity contribution in [3.8, 4) is 0 Å². The molecule has 2 aliphatic rings. The van der Waals surface area contributed by atoms with Crippen LogP contribution in [0, 0.1) is 11.8 Å². The molecule has 0 amide bonds. The molecular formula is C16H26N4. The predicted octanol–water partition coefficient (Wildman–Crippen LogP) is 2.08. The van der Waals surface area contributed by atoms with E-state index in [9.17, 15) is 0 Å². The summed E-state index contributed by atoms with van der Waals surface area (Å²) in [5.41, 5.74) is 0. The van der Waals surface area contributed by atoms with Gasteiger partial charge in [0.05, 0.1) is 6.54 Å². The average molecular weight is 274 g/mol. The molecule has 1 aliphatic carbocycles. The fourth-order valence-corrected chi connectivity index (χ4v) is 3.24. The van der Waals surface area contributed by atoms with E-state index in [0.29, 0.717) is 12.1 Å². The highest BCUT2D eigenvalue weighted by Crippen LogP contribution is 2.37. The first kappa shape index (κ1) is 14.0. The van der Waals surface area contributed by atoms with Crippen molar-refractivity contribution < 1.29 is 0 Å². The van der Waals surface area contributed by atoms with E-state index >= 15 is 0 Å². The number of hydrogen-bond acceptors (Lipinski definition) is 4. The van der Waals surface area contributed by atoms with E-state index < -0.39 is 0 Å². The fraction of sp³-hybridized carbons (Fsp3) is 0.750. The molecule has 1 saturated carbocycles. The minimum atomic E-state index is 0.610. The summed E-state index contributed by atoms with van der Waals surface area (Å²) in [6.45, 7) is 7.80. The van der Waals surface area contributed by atoms with E-state index in [1.165, 1.54) is 19.3 Å². The summed E-state index contributed by atoms with van der Waals surface area (Å²) in [5.74, 6) is 2.58. The zero-order valence-electron chi connectivity index (χ0n) is 12.6. The van der Waals surface area contributed by atoms with Crippen molar-refractivity contribution >= 4 is 0 Å². The molecule has 1 aromatic heterocycles. The van der Waals surface area contributed by atoms with E-state index in [4.69, 9.17) is 0 Å². The molecule has 1 N–H and O–H groups in total. The number of nitrogens with zero attached hydrogens (tertiary/aromatic N) is 3. The van der Waals surface area contributed by atoms with Crippen LogP contribution in [0.15, 0.2) is 18.5 Å². The van der Waals surface area contributed by atoms with Crippen LogP contribution in [0.4, 0.5) is 0 Å². The molecule has 20 heavy (non-hydrogen) atoms. The molecule has 3 unspecified atom stereocenters. The van der Waals surface area contributed by atoms with Crippen molar-refractivity contribution in [1.29, 1.82) is 0 Å². The molecule has 3 atom stereocenters. The van der Waals surface area contributed by atoms with Gasteiger partial charge in [-0.15, -0.1) is 0 Å². The summed E-state index contributed by atoms with van der Waals surface area (Å²) in [6, 6.07) is 3.18. The molecule has 3 rings (SSSR count). The lowest BCUT2D eigenvalue weighted by molar-refractivity contribution is 0.0866. The molecule has 0 aromatic carbocycles. The normalized spacial score (nSPS) is 29.3. The van der Waals surface area contributed by atoms with Crippen molar-refractivity contribution in [1.82, 2.24) is 20.2 Å². The van der Waals surface area contributed by atoms with Crippen LogP contribution in [-0.2, 0) is 6.54 Å². The van der Waals surface area contributed by atoms with Crippen molar-refractivity contribution in [3.05, 3.63) is 24.3 Å². The smallest absolute Gasteiger partial charge is 0.142 e. The lowest BCUT2D eigenvalue weighted by atomic mass is 9.94. The SMILES string of the molecule is CCC(C)C1CN(Cc2ncccn2)C(C2CC2)CN1. The van der Waals surface area contributed by atoms with Crippen LogP contribution in [0.3, 0.4) is 0 Å². The Hall–Kier alpha value is -1.00. The van der Waals surface area contributed by atoms with Crippen molar-refractivity contribution in [2.75, 3.05) is 13.1 Å². The molecule has 0 radical (unpaired) electrons. The highest BCUT2D eigenvalue weighted by atomic mass is 15.3. The van der Waals surface area contributed by atoms with Gasteiger partial charge in [0.25, 0.3) is 0 Å². The summed E-state index contributed by atoms with van der Waals surface area (Å²) in [4.78, 5) is 11.4. The van der Waals surface area contributed by atoms with Gasteiger partial charge in [-0.1, -0.05) is 20.3 Å². The summed E-state index contributed by atoms with van der Waals surface area (Å²) in [5, 5.41) is 3.77. The van der Waals surface area contributed by atoms with E-state index in [1.54, 1.807) is 0 Å². The van der Waals surface area contributed by atoms with Gasteiger partial charge < -0.3 is 5.32 Å². The summed E-state index contributed by atoms with van der Waals surface area (Å²) in [6.07, 6.45) is 7.73. The molecule has 1 saturated heterocycles. The molecule has 4 nitrogen and oxygen atoms in total. The van der Waals surface area contributed by atoms with Gasteiger partial charge in [0.2, 0.25) is 0 Å². The van der Waals surface area contributed by atoms with Crippen LogP contribution in [0.5, 0.6) is 0 Å². The molecule has 0 spiro atoms. The van der Waals surface area contributed by atoms with Crippen LogP contribution in [0.1, 0.15) is 38.9 Å². The molecule has 0 bridgehead atoms. The zero-order chi connectivity index (χ0) is 13.9. The van der Waals surface area contributed by atoms with Gasteiger partial charge in [0.15, 0.2) is 0 Å². The summed E-state index contributed by atoms with van der Waals surface area (Å²) >= 11 is 0. The minimum Gasteiger partial charge on any atom is -0.311 e. The number of aromatic nitrogens is 2. The second kappa shape index (κ2) is 6.19. The first-order valence-electron chi connectivity index (χ1n) is 8.01. The van der Waals surface area contributed by atoms with Crippen LogP contribution < -0.4 is 5.32 Å². The minimum absolute atomic E-state index is 0.610. The molecule has 2 heterocycles. The number of nitrogens with one attached hydrogen (secondary N) is 1. The summed E-state index contributed by atoms with van der Waals surface area (Å²) in [7, 11) is 0. The molecule has 1 aromatic rings. The Kier molecular flexibility index (Phi) is 4.32. The average Bonchev–Trinajstić information content (AvgIpc) is 3.32. The Bertz CT molecular complexity index is 418. The van der Waals surface area contributed by atoms with Gasteiger partial charge in [0.1, 0.15) is 5.82 Å². The largest absolute Gasteiger partial charge is 0.311 e. The van der Waals surface area contributed by atoms with Crippen LogP contribution in [0.25, 0.3) is 0 Å². The first-order valence-corrected chi connectivity index (χ1v) is 8.01. The number of piperazine rings is 1. The molecular weight excluding hydrogens is 248 g/mol. The topological polar surface area (TPSA) is 41.1 Å². The molecule has 1 aliphatic heterocycles. The Balaban J connectivity index is 1.68. The Morgan fingerprint density at radius 2 is 2.10 bits per heavy atom. The van der Waals surface area contributed by atoms with Gasteiger partial charge in [-0.2, -0.15) is 0 Å². The number of rotatable bonds is 5. The Labute approximate surface area is 122 Å². The number of hydrogen-bond donors (Lipinski definition) is 1. The van der Waals surface area contributed by atoms with E-state index in [-0.39, 0.29) is 0 Å². The lowest BCUT2D eigenvalue weighted by Gasteiger charge is -2.42. The van der Waals surface area contributed by atoms with E-state index in [2.05, 4.69) is 34.0 Å². The third-order valence-electron chi connectivity index (χ3n) is 4.95. The van der Waals surface area contributed by atoms with E-state index in [0.717, 1.165) is 37.3 Å². The van der Waals surface area contributed by atoms with Gasteiger partial charge in [0, 0.05) is 37.6 Å². The van der Waals surface area contributed by atoms with Crippen molar-refractivity contribution in [3.63, 3.8) is 0 Å². The lowest BCUT2D eigenvalue weighted by Crippen LogP contribution is -2.58. The standard InChI is InChI=1S/C16H26N4/c1-3-12(2)14-10-20(11-16-17-7-4-8-18-16)15(9-19-14)13-5-6-13/h4,7-8,12-15,19H,3,5-6,9-11H2,1-2H3. The Morgan fingerprint density at radius 3 is 2.75 bits per heavy atom. The fourth-order valence-electron chi connectivity index (χ4n) is 3.24. The van der Waals surface area contributed by atoms with Crippen molar-refractivity contribution in [2.45, 2.75) is 51.7 Å². The van der Waals surface area contributed by atoms with Crippen LogP contribution >= 0.6 is 0 Å². The molecule has 4 heteroatoms. The maximum atomic E-state index is 4.40. The van der Waals surface area contributed by atoms with Gasteiger partial charge in [-0.25, -0.2) is 9.97 Å². The molecule has 2 fully saturated rings. The van der Waals surface area contributed by atoms with E-state index in [1.807, 2.05) is 18.5 Å². The third kappa shape index (κ3) is 3.18. The summed E-state index contributed by atoms with van der Waals surface area (Å²) < 4.78 is 0. The van der Waals surface area contributed by atoms with Crippen LogP contribution in [-0.4, -0.2) is 40.0 Å². The monoisotopic (exact) mass is 274 g/mol. The predicted molar refractivity (Wildman–Crippen MR) is 80.2 cm³/mol. The molecule has 110 valence electrons. The second-order valence-corrected chi connectivity index (χ2v) is 6.40. The maximum Gasteiger partial charge on any atom is 0.142 e. The zero-order valence-corrected chi connectivity index (χ0v) is 12.6. The van der Waals surface area contributed by atoms with Gasteiger partial charge in [-0.3, -0.25) is 4.90 Å². The van der Waals surface area contributed by atoms with Gasteiger partial charge >= 0.3 is 0 Å². The van der Waals surface area contributed by atoms with Crippen LogP contribution in [0.2, 0.25) is 0 Å². The second-order valence-electron chi connectivity index (χ2n) is 6.40.